The van der Waals surface area contributed by atoms with Crippen LogP contribution in [0.2, 0.25) is 0 Å². The van der Waals surface area contributed by atoms with Crippen LogP contribution in [0, 0.1) is 40.9 Å². The van der Waals surface area contributed by atoms with Crippen LogP contribution in [0.4, 0.5) is 0 Å². The van der Waals surface area contributed by atoms with Gasteiger partial charge in [-0.3, -0.25) is 9.69 Å². The number of amides is 1. The molecular weight excluding hydrogens is 572 g/mol. The van der Waals surface area contributed by atoms with Gasteiger partial charge in [0.15, 0.2) is 0 Å². The van der Waals surface area contributed by atoms with Crippen LogP contribution in [0.1, 0.15) is 78.1 Å². The Morgan fingerprint density at radius 2 is 1.93 bits per heavy atom. The Bertz CT molecular complexity index is 1260. The molecule has 6 aliphatic rings. The van der Waals surface area contributed by atoms with Crippen molar-refractivity contribution in [2.75, 3.05) is 19.7 Å². The Balaban J connectivity index is 1.36. The molecule has 0 aromatic rings. The van der Waals surface area contributed by atoms with Crippen molar-refractivity contribution in [2.45, 2.75) is 95.5 Å². The third-order valence-electron chi connectivity index (χ3n) is 11.9. The summed E-state index contributed by atoms with van der Waals surface area (Å²) < 4.78 is 35.6. The Morgan fingerprint density at radius 3 is 2.69 bits per heavy atom. The van der Waals surface area contributed by atoms with E-state index in [1.54, 1.807) is 13.0 Å². The number of carbonyl (C=O) groups excluding carboxylic acids is 2. The number of rotatable bonds is 1. The predicted octanol–water partition coefficient (Wildman–Crippen LogP) is 5.37. The van der Waals surface area contributed by atoms with Gasteiger partial charge in [-0.1, -0.05) is 55.7 Å². The lowest BCUT2D eigenvalue weighted by molar-refractivity contribution is -0.116. The number of fused-ring (bicyclic) bond motifs is 3. The molecule has 2 aliphatic heterocycles. The number of ether oxygens (including phenoxy) is 1. The largest absolute Gasteiger partial charge is 0.372 e. The summed E-state index contributed by atoms with van der Waals surface area (Å²) in [6.45, 7) is 6.01. The number of allylic oxidation sites excluding steroid dienone is 2. The minimum atomic E-state index is -3.86. The fourth-order valence-corrected chi connectivity index (χ4v) is 10.7. The van der Waals surface area contributed by atoms with Gasteiger partial charge in [-0.25, -0.2) is 13.1 Å². The molecule has 232 valence electrons. The average Bonchev–Trinajstić information content (AvgIpc) is 3.10. The molecular formula is C33H47ClN2O5S. The van der Waals surface area contributed by atoms with Crippen molar-refractivity contribution in [3.8, 4) is 0 Å². The first-order valence-corrected chi connectivity index (χ1v) is 18.2. The van der Waals surface area contributed by atoms with Crippen LogP contribution in [0.5, 0.6) is 0 Å². The van der Waals surface area contributed by atoms with Crippen molar-refractivity contribution in [2.24, 2.45) is 40.9 Å². The lowest BCUT2D eigenvalue weighted by atomic mass is 9.58. The number of hydrogen-bond acceptors (Lipinski definition) is 6. The van der Waals surface area contributed by atoms with E-state index in [1.165, 1.54) is 0 Å². The molecule has 0 aromatic heterocycles. The van der Waals surface area contributed by atoms with Crippen molar-refractivity contribution in [1.29, 1.82) is 0 Å². The molecule has 1 saturated heterocycles. The molecule has 4 aliphatic carbocycles. The van der Waals surface area contributed by atoms with E-state index in [4.69, 9.17) is 16.3 Å². The summed E-state index contributed by atoms with van der Waals surface area (Å²) in [5.41, 5.74) is 0.374. The maximum atomic E-state index is 13.4. The van der Waals surface area contributed by atoms with Gasteiger partial charge < -0.3 is 9.53 Å². The van der Waals surface area contributed by atoms with E-state index in [0.29, 0.717) is 42.3 Å². The Morgan fingerprint density at radius 1 is 1.10 bits per heavy atom. The van der Waals surface area contributed by atoms with E-state index in [-0.39, 0.29) is 29.4 Å². The summed E-state index contributed by atoms with van der Waals surface area (Å²) in [5, 5.41) is 0.273. The molecule has 6 rings (SSSR count). The van der Waals surface area contributed by atoms with Crippen LogP contribution in [0.3, 0.4) is 0 Å². The summed E-state index contributed by atoms with van der Waals surface area (Å²) in [6, 6.07) is -0.166. The summed E-state index contributed by atoms with van der Waals surface area (Å²) in [5.74, 6) is 1.06. The highest BCUT2D eigenvalue weighted by molar-refractivity contribution is 7.90. The second-order valence-electron chi connectivity index (χ2n) is 14.2. The Labute approximate surface area is 256 Å². The summed E-state index contributed by atoms with van der Waals surface area (Å²) >= 11 is 6.52. The highest BCUT2D eigenvalue weighted by Crippen LogP contribution is 2.53. The lowest BCUT2D eigenvalue weighted by Crippen LogP contribution is -2.53. The Hall–Kier alpha value is -1.48. The number of hydrogen-bond donors (Lipinski definition) is 1. The van der Waals surface area contributed by atoms with Gasteiger partial charge in [0.05, 0.1) is 24.0 Å². The van der Waals surface area contributed by atoms with Crippen molar-refractivity contribution in [1.82, 2.24) is 9.62 Å². The standard InChI is InChI=1S/C33H47ClN2O5S/c1-21-5-3-6-26(18-37)28-11-8-25(28)17-36-19-33(14-4-7-23-15-27(34)10-12-29(23)33)20-41-31-13-9-24(16-30(31)36)32(38)35-42(39,40)22(21)2/h9,13,15-16,18,21-23,25-26,28-31H,3-8,10-12,14,17,19-20H2,1-2H3,(H,35,38)/t21?,22?,23?,25-,26?,28+,29?,30?,31?,33-/m0/s1. The zero-order valence-electron chi connectivity index (χ0n) is 25.0. The van der Waals surface area contributed by atoms with Crippen LogP contribution in [0.25, 0.3) is 0 Å². The molecule has 2 bridgehead atoms. The molecule has 3 fully saturated rings. The SMILES string of the molecule is CC1CCCC(C=O)[C@@H]2CC[C@H]2CN2C[C@@]3(CCCC4C=C(Cl)CCC43)COC3C=CC(=CC32)C(=O)NS(=O)(=O)C1C. The smallest absolute Gasteiger partial charge is 0.264 e. The summed E-state index contributed by atoms with van der Waals surface area (Å²) in [7, 11) is -3.86. The maximum Gasteiger partial charge on any atom is 0.264 e. The quantitative estimate of drug-likeness (QED) is 0.398. The first kappa shape index (κ1) is 30.5. The molecule has 1 spiro atoms. The van der Waals surface area contributed by atoms with Gasteiger partial charge in [-0.05, 0) is 87.9 Å². The van der Waals surface area contributed by atoms with Crippen molar-refractivity contribution in [3.05, 3.63) is 34.9 Å². The molecule has 7 unspecified atom stereocenters. The summed E-state index contributed by atoms with van der Waals surface area (Å²) in [6.07, 6.45) is 18.8. The van der Waals surface area contributed by atoms with E-state index in [2.05, 4.69) is 15.7 Å². The molecule has 2 saturated carbocycles. The van der Waals surface area contributed by atoms with Gasteiger partial charge in [-0.15, -0.1) is 0 Å². The van der Waals surface area contributed by atoms with Gasteiger partial charge in [0.25, 0.3) is 5.91 Å². The average molecular weight is 619 g/mol. The molecule has 10 atom stereocenters. The maximum absolute atomic E-state index is 13.4. The first-order valence-electron chi connectivity index (χ1n) is 16.2. The number of nitrogens with one attached hydrogen (secondary N) is 1. The topological polar surface area (TPSA) is 92.8 Å². The van der Waals surface area contributed by atoms with E-state index in [1.807, 2.05) is 19.1 Å². The van der Waals surface area contributed by atoms with E-state index in [0.717, 1.165) is 82.2 Å². The fourth-order valence-electron chi connectivity index (χ4n) is 9.07. The van der Waals surface area contributed by atoms with Crippen molar-refractivity contribution < 1.29 is 22.7 Å². The third-order valence-corrected chi connectivity index (χ3v) is 14.1. The molecule has 7 nitrogen and oxygen atoms in total. The molecule has 0 aromatic carbocycles. The monoisotopic (exact) mass is 618 g/mol. The molecule has 1 amide bonds. The Kier molecular flexibility index (Phi) is 8.82. The summed E-state index contributed by atoms with van der Waals surface area (Å²) in [4.78, 5) is 28.3. The molecule has 42 heavy (non-hydrogen) atoms. The van der Waals surface area contributed by atoms with Crippen LogP contribution in [-0.2, 0) is 24.3 Å². The zero-order valence-corrected chi connectivity index (χ0v) is 26.6. The number of nitrogens with zero attached hydrogens (tertiary/aromatic N) is 1. The van der Waals surface area contributed by atoms with Gasteiger partial charge in [0.2, 0.25) is 10.0 Å². The molecule has 2 heterocycles. The van der Waals surface area contributed by atoms with Crippen LogP contribution in [0.15, 0.2) is 34.9 Å². The van der Waals surface area contributed by atoms with Crippen molar-refractivity contribution in [3.63, 3.8) is 0 Å². The molecule has 9 heteroatoms. The number of aldehydes is 1. The highest BCUT2D eigenvalue weighted by Gasteiger charge is 2.51. The third kappa shape index (κ3) is 5.82. The second-order valence-corrected chi connectivity index (χ2v) is 16.8. The minimum absolute atomic E-state index is 0.00248. The first-order chi connectivity index (χ1) is 20.1. The number of halogens is 1. The van der Waals surface area contributed by atoms with E-state index >= 15 is 0 Å². The lowest BCUT2D eigenvalue weighted by Gasteiger charge is -2.51. The van der Waals surface area contributed by atoms with Gasteiger partial charge in [-0.2, -0.15) is 0 Å². The van der Waals surface area contributed by atoms with Gasteiger partial charge >= 0.3 is 0 Å². The minimum Gasteiger partial charge on any atom is -0.372 e. The van der Waals surface area contributed by atoms with Crippen LogP contribution >= 0.6 is 11.6 Å². The predicted molar refractivity (Wildman–Crippen MR) is 164 cm³/mol. The van der Waals surface area contributed by atoms with Crippen molar-refractivity contribution >= 4 is 33.8 Å². The van der Waals surface area contributed by atoms with Crippen LogP contribution in [-0.4, -0.2) is 62.6 Å². The second kappa shape index (κ2) is 12.1. The molecule has 0 radical (unpaired) electrons. The number of sulfonamides is 1. The van der Waals surface area contributed by atoms with Gasteiger partial charge in [0.1, 0.15) is 6.29 Å². The molecule has 1 N–H and O–H groups in total. The zero-order chi connectivity index (χ0) is 29.6. The highest BCUT2D eigenvalue weighted by atomic mass is 35.5. The normalized spacial score (nSPS) is 44.4. The van der Waals surface area contributed by atoms with Crippen LogP contribution < -0.4 is 4.72 Å². The van der Waals surface area contributed by atoms with Gasteiger partial charge in [0, 0.05) is 35.0 Å². The number of carbonyl (C=O) groups is 2. The fraction of sp³-hybridized carbons (Fsp3) is 0.758. The van der Waals surface area contributed by atoms with E-state index < -0.39 is 21.2 Å². The van der Waals surface area contributed by atoms with E-state index in [9.17, 15) is 18.0 Å².